The molecule has 4 rings (SSSR count). The van der Waals surface area contributed by atoms with Crippen LogP contribution in [0, 0.1) is 11.8 Å². The Hall–Kier alpha value is -3.39. The van der Waals surface area contributed by atoms with Crippen LogP contribution < -0.4 is 10.6 Å². The largest absolute Gasteiger partial charge is 0.479 e. The smallest absolute Gasteiger partial charge is 0.407 e. The molecule has 2 aromatic carbocycles. The minimum absolute atomic E-state index is 0.0196. The highest BCUT2D eigenvalue weighted by Crippen LogP contribution is 2.44. The number of hydrogen-bond acceptors (Lipinski definition) is 5. The van der Waals surface area contributed by atoms with E-state index < -0.39 is 18.2 Å². The zero-order chi connectivity index (χ0) is 23.4. The van der Waals surface area contributed by atoms with Crippen molar-refractivity contribution in [2.24, 2.45) is 11.8 Å². The molecule has 0 heterocycles. The van der Waals surface area contributed by atoms with Crippen LogP contribution in [-0.4, -0.2) is 54.0 Å². The van der Waals surface area contributed by atoms with Crippen molar-refractivity contribution < 1.29 is 29.3 Å². The summed E-state index contributed by atoms with van der Waals surface area (Å²) in [6.45, 7) is 0.189. The highest BCUT2D eigenvalue weighted by atomic mass is 16.5. The molecule has 4 N–H and O–H groups in total. The summed E-state index contributed by atoms with van der Waals surface area (Å²) in [5.74, 6) is -2.09. The summed E-state index contributed by atoms with van der Waals surface area (Å²) in [4.78, 5) is 35.5. The fourth-order valence-electron chi connectivity index (χ4n) is 4.91. The molecule has 0 spiro atoms. The molecule has 2 amide bonds. The Balaban J connectivity index is 1.28. The minimum atomic E-state index is -1.63. The lowest BCUT2D eigenvalue weighted by atomic mass is 9.95. The van der Waals surface area contributed by atoms with Gasteiger partial charge in [-0.15, -0.1) is 0 Å². The number of fused-ring (bicyclic) bond motifs is 3. The van der Waals surface area contributed by atoms with Crippen molar-refractivity contribution in [3.8, 4) is 11.1 Å². The molecular weight excluding hydrogens is 424 g/mol. The lowest BCUT2D eigenvalue weighted by molar-refractivity contribution is -0.146. The summed E-state index contributed by atoms with van der Waals surface area (Å²) in [6.07, 6.45) is 0.128. The van der Waals surface area contributed by atoms with Crippen molar-refractivity contribution in [1.29, 1.82) is 0 Å². The van der Waals surface area contributed by atoms with E-state index >= 15 is 0 Å². The molecule has 8 nitrogen and oxygen atoms in total. The van der Waals surface area contributed by atoms with Gasteiger partial charge >= 0.3 is 12.1 Å². The number of carboxylic acid groups (broad SMARTS) is 1. The summed E-state index contributed by atoms with van der Waals surface area (Å²) in [5, 5.41) is 23.3. The van der Waals surface area contributed by atoms with E-state index in [2.05, 4.69) is 34.9 Å². The van der Waals surface area contributed by atoms with Gasteiger partial charge in [0.1, 0.15) is 6.61 Å². The number of hydrogen-bond donors (Lipinski definition) is 4. The van der Waals surface area contributed by atoms with E-state index in [9.17, 15) is 19.5 Å². The van der Waals surface area contributed by atoms with Crippen LogP contribution in [0.15, 0.2) is 48.5 Å². The van der Waals surface area contributed by atoms with Crippen molar-refractivity contribution in [2.75, 3.05) is 19.7 Å². The molecule has 3 unspecified atom stereocenters. The molecule has 174 valence electrons. The molecule has 0 aliphatic heterocycles. The fraction of sp³-hybridized carbons (Fsp3) is 0.400. The number of benzene rings is 2. The van der Waals surface area contributed by atoms with Gasteiger partial charge in [-0.3, -0.25) is 4.79 Å². The highest BCUT2D eigenvalue weighted by Gasteiger charge is 2.34. The first-order chi connectivity index (χ1) is 16.0. The Bertz CT molecular complexity index is 994. The van der Waals surface area contributed by atoms with Crippen LogP contribution in [0.1, 0.15) is 36.3 Å². The molecule has 0 saturated heterocycles. The van der Waals surface area contributed by atoms with E-state index in [4.69, 9.17) is 9.84 Å². The third-order valence-electron chi connectivity index (χ3n) is 6.60. The number of carboxylic acids is 1. The molecule has 1 saturated carbocycles. The van der Waals surface area contributed by atoms with E-state index in [-0.39, 0.29) is 36.8 Å². The molecule has 8 heteroatoms. The Morgan fingerprint density at radius 1 is 0.970 bits per heavy atom. The van der Waals surface area contributed by atoms with Crippen molar-refractivity contribution in [2.45, 2.75) is 31.3 Å². The van der Waals surface area contributed by atoms with E-state index in [1.54, 1.807) is 0 Å². The van der Waals surface area contributed by atoms with Crippen molar-refractivity contribution in [1.82, 2.24) is 10.6 Å². The number of alkyl carbamates (subject to hydrolysis) is 1. The second kappa shape index (κ2) is 10.0. The van der Waals surface area contributed by atoms with Gasteiger partial charge in [0, 0.05) is 18.4 Å². The van der Waals surface area contributed by atoms with Crippen LogP contribution in [0.25, 0.3) is 11.1 Å². The number of aliphatic hydroxyl groups excluding tert-OH is 1. The quantitative estimate of drug-likeness (QED) is 0.488. The van der Waals surface area contributed by atoms with Gasteiger partial charge in [0.15, 0.2) is 6.10 Å². The SMILES string of the molecule is O=C(NCC1CCCC1C(=O)NCC(O)C(=O)O)OCC1c2ccccc2-c2ccccc21. The maximum Gasteiger partial charge on any atom is 0.407 e. The predicted octanol–water partition coefficient (Wildman–Crippen LogP) is 2.50. The molecule has 2 aromatic rings. The zero-order valence-corrected chi connectivity index (χ0v) is 18.2. The van der Waals surface area contributed by atoms with Gasteiger partial charge < -0.3 is 25.6 Å². The topological polar surface area (TPSA) is 125 Å². The molecule has 2 aliphatic carbocycles. The van der Waals surface area contributed by atoms with Gasteiger partial charge in [-0.1, -0.05) is 55.0 Å². The maximum absolute atomic E-state index is 12.4. The number of ether oxygens (including phenoxy) is 1. The van der Waals surface area contributed by atoms with Crippen molar-refractivity contribution >= 4 is 18.0 Å². The first-order valence-electron chi connectivity index (χ1n) is 11.2. The van der Waals surface area contributed by atoms with Crippen LogP contribution >= 0.6 is 0 Å². The summed E-state index contributed by atoms with van der Waals surface area (Å²) in [7, 11) is 0. The van der Waals surface area contributed by atoms with E-state index in [1.807, 2.05) is 24.3 Å². The molecule has 2 aliphatic rings. The van der Waals surface area contributed by atoms with Crippen LogP contribution in [0.5, 0.6) is 0 Å². The van der Waals surface area contributed by atoms with Crippen molar-refractivity contribution in [3.63, 3.8) is 0 Å². The summed E-state index contributed by atoms with van der Waals surface area (Å²) >= 11 is 0. The van der Waals surface area contributed by atoms with Gasteiger partial charge in [0.05, 0.1) is 6.54 Å². The van der Waals surface area contributed by atoms with Gasteiger partial charge in [0.25, 0.3) is 0 Å². The highest BCUT2D eigenvalue weighted by molar-refractivity contribution is 5.81. The lowest BCUT2D eigenvalue weighted by Gasteiger charge is -2.20. The third-order valence-corrected chi connectivity index (χ3v) is 6.60. The Morgan fingerprint density at radius 2 is 1.61 bits per heavy atom. The Kier molecular flexibility index (Phi) is 6.93. The Labute approximate surface area is 192 Å². The minimum Gasteiger partial charge on any atom is -0.479 e. The number of rotatable bonds is 8. The van der Waals surface area contributed by atoms with Crippen LogP contribution in [0.4, 0.5) is 4.79 Å². The third kappa shape index (κ3) is 5.01. The summed E-state index contributed by atoms with van der Waals surface area (Å²) < 4.78 is 5.55. The number of carbonyl (C=O) groups is 3. The molecule has 0 aromatic heterocycles. The lowest BCUT2D eigenvalue weighted by Crippen LogP contribution is -2.42. The number of amides is 2. The summed E-state index contributed by atoms with van der Waals surface area (Å²) in [5.41, 5.74) is 4.61. The van der Waals surface area contributed by atoms with E-state index in [1.165, 1.54) is 0 Å². The van der Waals surface area contributed by atoms with Gasteiger partial charge in [-0.2, -0.15) is 0 Å². The van der Waals surface area contributed by atoms with Crippen LogP contribution in [0.3, 0.4) is 0 Å². The molecule has 1 fully saturated rings. The maximum atomic E-state index is 12.4. The zero-order valence-electron chi connectivity index (χ0n) is 18.2. The van der Waals surface area contributed by atoms with Gasteiger partial charge in [0.2, 0.25) is 5.91 Å². The molecule has 0 bridgehead atoms. The van der Waals surface area contributed by atoms with E-state index in [0.29, 0.717) is 13.0 Å². The molecular formula is C25H28N2O6. The Morgan fingerprint density at radius 3 is 2.24 bits per heavy atom. The summed E-state index contributed by atoms with van der Waals surface area (Å²) in [6, 6.07) is 16.2. The second-order valence-electron chi connectivity index (χ2n) is 8.60. The number of nitrogens with one attached hydrogen (secondary N) is 2. The standard InChI is InChI=1S/C25H28N2O6/c28-22(24(30)31)13-26-23(29)16-11-5-6-15(16)12-27-25(32)33-14-21-19-9-3-1-7-17(19)18-8-2-4-10-20(18)21/h1-4,7-10,15-16,21-22,28H,5-6,11-14H2,(H,26,29)(H,27,32)(H,30,31). The first-order valence-corrected chi connectivity index (χ1v) is 11.2. The van der Waals surface area contributed by atoms with Crippen molar-refractivity contribution in [3.05, 3.63) is 59.7 Å². The predicted molar refractivity (Wildman–Crippen MR) is 121 cm³/mol. The molecule has 3 atom stereocenters. The average molecular weight is 453 g/mol. The van der Waals surface area contributed by atoms with E-state index in [0.717, 1.165) is 35.1 Å². The van der Waals surface area contributed by atoms with Crippen LogP contribution in [0.2, 0.25) is 0 Å². The number of carbonyl (C=O) groups excluding carboxylic acids is 2. The van der Waals surface area contributed by atoms with Crippen LogP contribution in [-0.2, 0) is 14.3 Å². The molecule has 0 radical (unpaired) electrons. The average Bonchev–Trinajstić information content (AvgIpc) is 3.42. The normalized spacial score (nSPS) is 19.9. The fourth-order valence-corrected chi connectivity index (χ4v) is 4.91. The number of aliphatic carboxylic acids is 1. The molecule has 33 heavy (non-hydrogen) atoms. The van der Waals surface area contributed by atoms with Gasteiger partial charge in [-0.25, -0.2) is 9.59 Å². The first kappa shape index (κ1) is 22.8. The second-order valence-corrected chi connectivity index (χ2v) is 8.60. The monoisotopic (exact) mass is 452 g/mol. The van der Waals surface area contributed by atoms with Gasteiger partial charge in [-0.05, 0) is 41.0 Å². The number of aliphatic hydroxyl groups is 1.